The van der Waals surface area contributed by atoms with Crippen molar-refractivity contribution >= 4 is 27.5 Å². The number of para-hydroxylation sites is 2. The molecule has 0 fully saturated rings. The fraction of sp³-hybridized carbons (Fsp3) is 0.462. The van der Waals surface area contributed by atoms with Gasteiger partial charge in [0.15, 0.2) is 0 Å². The molecule has 0 aliphatic carbocycles. The quantitative estimate of drug-likeness (QED) is 0.453. The minimum atomic E-state index is -3.82. The molecule has 0 bridgehead atoms. The number of ether oxygens (including phenoxy) is 1. The summed E-state index contributed by atoms with van der Waals surface area (Å²) in [7, 11) is -3.82. The summed E-state index contributed by atoms with van der Waals surface area (Å²) in [5, 5.41) is 2.87. The summed E-state index contributed by atoms with van der Waals surface area (Å²) in [5.41, 5.74) is 1.30. The number of amides is 2. The summed E-state index contributed by atoms with van der Waals surface area (Å²) in [4.78, 5) is 27.8. The van der Waals surface area contributed by atoms with Crippen LogP contribution in [0.1, 0.15) is 33.3 Å². The zero-order valence-corrected chi connectivity index (χ0v) is 22.0. The van der Waals surface area contributed by atoms with Crippen LogP contribution in [-0.4, -0.2) is 63.7 Å². The SMILES string of the molecule is CCOc1ccccc1N(CC(=O)N(CCc1ccccc1)[C@H](C)C(=O)NCC(C)C)S(C)(=O)=O. The third kappa shape index (κ3) is 8.58. The Hall–Kier alpha value is -3.07. The first kappa shape index (κ1) is 28.2. The van der Waals surface area contributed by atoms with Gasteiger partial charge in [-0.25, -0.2) is 8.42 Å². The maximum atomic E-state index is 13.5. The van der Waals surface area contributed by atoms with Gasteiger partial charge in [-0.1, -0.05) is 56.3 Å². The van der Waals surface area contributed by atoms with Crippen molar-refractivity contribution in [2.45, 2.75) is 40.2 Å². The summed E-state index contributed by atoms with van der Waals surface area (Å²) in [6.07, 6.45) is 1.58. The van der Waals surface area contributed by atoms with Gasteiger partial charge in [0.2, 0.25) is 21.8 Å². The average molecular weight is 504 g/mol. The number of hydrogen-bond donors (Lipinski definition) is 1. The molecule has 0 aliphatic heterocycles. The van der Waals surface area contributed by atoms with Crippen molar-refractivity contribution in [1.82, 2.24) is 10.2 Å². The number of nitrogens with zero attached hydrogens (tertiary/aromatic N) is 2. The van der Waals surface area contributed by atoms with Gasteiger partial charge < -0.3 is 15.0 Å². The van der Waals surface area contributed by atoms with Gasteiger partial charge in [0.05, 0.1) is 18.6 Å². The molecule has 0 radical (unpaired) electrons. The molecule has 0 saturated carbocycles. The van der Waals surface area contributed by atoms with Crippen LogP contribution in [0.5, 0.6) is 5.75 Å². The smallest absolute Gasteiger partial charge is 0.244 e. The average Bonchev–Trinajstić information content (AvgIpc) is 2.81. The Morgan fingerprint density at radius 2 is 1.63 bits per heavy atom. The molecule has 0 aliphatic rings. The Morgan fingerprint density at radius 3 is 2.23 bits per heavy atom. The molecule has 0 aromatic heterocycles. The lowest BCUT2D eigenvalue weighted by molar-refractivity contribution is -0.138. The van der Waals surface area contributed by atoms with E-state index in [0.29, 0.717) is 25.3 Å². The van der Waals surface area contributed by atoms with Gasteiger partial charge in [-0.2, -0.15) is 0 Å². The lowest BCUT2D eigenvalue weighted by Crippen LogP contribution is -2.52. The van der Waals surface area contributed by atoms with Crippen LogP contribution in [-0.2, 0) is 26.0 Å². The molecule has 2 rings (SSSR count). The second kappa shape index (κ2) is 13.1. The Kier molecular flexibility index (Phi) is 10.6. The molecule has 8 nitrogen and oxygen atoms in total. The molecule has 0 unspecified atom stereocenters. The molecule has 192 valence electrons. The number of sulfonamides is 1. The number of benzene rings is 2. The number of hydrogen-bond acceptors (Lipinski definition) is 5. The van der Waals surface area contributed by atoms with E-state index in [0.717, 1.165) is 16.1 Å². The highest BCUT2D eigenvalue weighted by Crippen LogP contribution is 2.30. The predicted octanol–water partition coefficient (Wildman–Crippen LogP) is 3.08. The minimum Gasteiger partial charge on any atom is -0.492 e. The zero-order chi connectivity index (χ0) is 26.0. The normalized spacial score (nSPS) is 12.2. The molecule has 2 aromatic rings. The first-order valence-corrected chi connectivity index (χ1v) is 13.7. The van der Waals surface area contributed by atoms with Crippen LogP contribution in [0, 0.1) is 5.92 Å². The van der Waals surface area contributed by atoms with Gasteiger partial charge in [-0.05, 0) is 43.9 Å². The molecule has 9 heteroatoms. The summed E-state index contributed by atoms with van der Waals surface area (Å²) in [5.74, 6) is -0.118. The maximum absolute atomic E-state index is 13.5. The van der Waals surface area contributed by atoms with E-state index >= 15 is 0 Å². The molecular weight excluding hydrogens is 466 g/mol. The van der Waals surface area contributed by atoms with Crippen LogP contribution in [0.15, 0.2) is 54.6 Å². The highest BCUT2D eigenvalue weighted by atomic mass is 32.2. The van der Waals surface area contributed by atoms with E-state index in [1.807, 2.05) is 44.2 Å². The van der Waals surface area contributed by atoms with Crippen LogP contribution in [0.2, 0.25) is 0 Å². The van der Waals surface area contributed by atoms with E-state index in [2.05, 4.69) is 5.32 Å². The molecule has 2 amide bonds. The Morgan fingerprint density at radius 1 is 1.00 bits per heavy atom. The van der Waals surface area contributed by atoms with Crippen LogP contribution in [0.4, 0.5) is 5.69 Å². The van der Waals surface area contributed by atoms with E-state index in [9.17, 15) is 18.0 Å². The summed E-state index contributed by atoms with van der Waals surface area (Å²) >= 11 is 0. The largest absolute Gasteiger partial charge is 0.492 e. The van der Waals surface area contributed by atoms with Crippen molar-refractivity contribution in [2.24, 2.45) is 5.92 Å². The van der Waals surface area contributed by atoms with Crippen LogP contribution >= 0.6 is 0 Å². The highest BCUT2D eigenvalue weighted by molar-refractivity contribution is 7.92. The predicted molar refractivity (Wildman–Crippen MR) is 139 cm³/mol. The molecule has 35 heavy (non-hydrogen) atoms. The molecule has 0 saturated heterocycles. The summed E-state index contributed by atoms with van der Waals surface area (Å²) in [6.45, 7) is 8.10. The second-order valence-corrected chi connectivity index (χ2v) is 10.7. The topological polar surface area (TPSA) is 96.0 Å². The van der Waals surface area contributed by atoms with Crippen LogP contribution in [0.3, 0.4) is 0 Å². The lowest BCUT2D eigenvalue weighted by atomic mass is 10.1. The highest BCUT2D eigenvalue weighted by Gasteiger charge is 2.30. The standard InChI is InChI=1S/C26H37N3O5S/c1-6-34-24-15-11-10-14-23(24)29(35(5,32)33)19-25(30)28(17-16-22-12-8-7-9-13-22)21(4)26(31)27-18-20(2)3/h7-15,20-21H,6,16-19H2,1-5H3,(H,27,31)/t21-/m1/s1. The van der Waals surface area contributed by atoms with Crippen LogP contribution < -0.4 is 14.4 Å². The van der Waals surface area contributed by atoms with E-state index in [1.165, 1.54) is 4.90 Å². The van der Waals surface area contributed by atoms with Gasteiger partial charge in [0.1, 0.15) is 18.3 Å². The molecule has 1 N–H and O–H groups in total. The van der Waals surface area contributed by atoms with Crippen molar-refractivity contribution < 1.29 is 22.7 Å². The number of carbonyl (C=O) groups excluding carboxylic acids is 2. The van der Waals surface area contributed by atoms with Gasteiger partial charge in [-0.3, -0.25) is 13.9 Å². The number of rotatable bonds is 13. The number of anilines is 1. The van der Waals surface area contributed by atoms with Crippen molar-refractivity contribution in [1.29, 1.82) is 0 Å². The van der Waals surface area contributed by atoms with Crippen molar-refractivity contribution in [3.05, 3.63) is 60.2 Å². The summed E-state index contributed by atoms with van der Waals surface area (Å²) in [6, 6.07) is 15.6. The molecule has 0 spiro atoms. The van der Waals surface area contributed by atoms with Gasteiger partial charge >= 0.3 is 0 Å². The first-order valence-electron chi connectivity index (χ1n) is 11.8. The molecule has 1 atom stereocenters. The number of nitrogens with one attached hydrogen (secondary N) is 1. The summed E-state index contributed by atoms with van der Waals surface area (Å²) < 4.78 is 32.1. The third-order valence-electron chi connectivity index (χ3n) is 5.45. The monoisotopic (exact) mass is 503 g/mol. The first-order chi connectivity index (χ1) is 16.5. The van der Waals surface area contributed by atoms with E-state index in [1.54, 1.807) is 38.1 Å². The lowest BCUT2D eigenvalue weighted by Gasteiger charge is -2.32. The second-order valence-electron chi connectivity index (χ2n) is 8.81. The van der Waals surface area contributed by atoms with E-state index in [-0.39, 0.29) is 24.1 Å². The van der Waals surface area contributed by atoms with Crippen LogP contribution in [0.25, 0.3) is 0 Å². The minimum absolute atomic E-state index is 0.260. The van der Waals surface area contributed by atoms with Crippen molar-refractivity contribution in [3.63, 3.8) is 0 Å². The van der Waals surface area contributed by atoms with Gasteiger partial charge in [0.25, 0.3) is 0 Å². The number of carbonyl (C=O) groups is 2. The Bertz CT molecular complexity index is 1070. The van der Waals surface area contributed by atoms with Crippen molar-refractivity contribution in [2.75, 3.05) is 36.8 Å². The molecule has 2 aromatic carbocycles. The maximum Gasteiger partial charge on any atom is 0.244 e. The third-order valence-corrected chi connectivity index (χ3v) is 6.58. The molecular formula is C26H37N3O5S. The van der Waals surface area contributed by atoms with Crippen molar-refractivity contribution in [3.8, 4) is 5.75 Å². The van der Waals surface area contributed by atoms with Gasteiger partial charge in [0, 0.05) is 13.1 Å². The fourth-order valence-electron chi connectivity index (χ4n) is 3.56. The molecule has 0 heterocycles. The van der Waals surface area contributed by atoms with Gasteiger partial charge in [-0.15, -0.1) is 0 Å². The Balaban J connectivity index is 2.34. The zero-order valence-electron chi connectivity index (χ0n) is 21.2. The van der Waals surface area contributed by atoms with E-state index < -0.39 is 28.5 Å². The van der Waals surface area contributed by atoms with E-state index in [4.69, 9.17) is 4.74 Å². The Labute approximate surface area is 209 Å². The fourth-order valence-corrected chi connectivity index (χ4v) is 4.41.